The smallest absolute Gasteiger partial charge is 0.149 e. The minimum Gasteiger partial charge on any atom is -0.378 e. The summed E-state index contributed by atoms with van der Waals surface area (Å²) >= 11 is 0. The van der Waals surface area contributed by atoms with E-state index in [1.54, 1.807) is 12.1 Å². The molecule has 1 aromatic heterocycles. The van der Waals surface area contributed by atoms with Crippen molar-refractivity contribution >= 4 is 22.6 Å². The second kappa shape index (κ2) is 8.74. The van der Waals surface area contributed by atoms with Gasteiger partial charge in [0.25, 0.3) is 0 Å². The van der Waals surface area contributed by atoms with Gasteiger partial charge >= 0.3 is 0 Å². The third-order valence-corrected chi connectivity index (χ3v) is 7.09. The Labute approximate surface area is 194 Å². The van der Waals surface area contributed by atoms with Crippen molar-refractivity contribution in [2.24, 2.45) is 5.92 Å². The SMILES string of the molecule is CCC1=c2c(F)cc(-c3ccc4cc(C5C=CN(CC)CC5)cc(F)c4n3)cc2=CC(C)C1. The number of halogens is 2. The fraction of sp³-hybridized carbons (Fsp3) is 0.345. The highest BCUT2D eigenvalue weighted by molar-refractivity contribution is 5.83. The molecule has 1 aliphatic heterocycles. The first-order valence-electron chi connectivity index (χ1n) is 12.0. The molecular formula is C29H30F2N2. The molecule has 2 aliphatic rings. The van der Waals surface area contributed by atoms with Gasteiger partial charge in [0, 0.05) is 35.2 Å². The monoisotopic (exact) mass is 444 g/mol. The number of pyridine rings is 1. The molecule has 4 heteroatoms. The summed E-state index contributed by atoms with van der Waals surface area (Å²) in [5, 5.41) is 2.43. The van der Waals surface area contributed by atoms with Crippen molar-refractivity contribution in [1.29, 1.82) is 0 Å². The van der Waals surface area contributed by atoms with Gasteiger partial charge in [0.2, 0.25) is 0 Å². The number of nitrogens with zero attached hydrogens (tertiary/aromatic N) is 2. The molecule has 0 radical (unpaired) electrons. The molecule has 2 nitrogen and oxygen atoms in total. The van der Waals surface area contributed by atoms with Crippen LogP contribution in [0.1, 0.15) is 51.5 Å². The Kier molecular flexibility index (Phi) is 5.77. The van der Waals surface area contributed by atoms with Crippen molar-refractivity contribution in [3.63, 3.8) is 0 Å². The molecular weight excluding hydrogens is 414 g/mol. The van der Waals surface area contributed by atoms with Gasteiger partial charge in [-0.2, -0.15) is 0 Å². The van der Waals surface area contributed by atoms with Crippen molar-refractivity contribution in [1.82, 2.24) is 9.88 Å². The second-order valence-corrected chi connectivity index (χ2v) is 9.36. The summed E-state index contributed by atoms with van der Waals surface area (Å²) in [5.74, 6) is 0.0461. The highest BCUT2D eigenvalue weighted by Gasteiger charge is 2.18. The van der Waals surface area contributed by atoms with E-state index in [9.17, 15) is 0 Å². The lowest BCUT2D eigenvalue weighted by Gasteiger charge is -2.27. The van der Waals surface area contributed by atoms with E-state index in [-0.39, 0.29) is 17.6 Å². The van der Waals surface area contributed by atoms with Crippen molar-refractivity contribution in [2.45, 2.75) is 46.0 Å². The van der Waals surface area contributed by atoms with Gasteiger partial charge in [-0.15, -0.1) is 0 Å². The normalized spacial score (nSPS) is 20.2. The molecule has 170 valence electrons. The maximum Gasteiger partial charge on any atom is 0.149 e. The lowest BCUT2D eigenvalue weighted by atomic mass is 9.89. The number of fused-ring (bicyclic) bond motifs is 2. The quantitative estimate of drug-likeness (QED) is 0.499. The minimum absolute atomic E-state index is 0.211. The molecule has 0 saturated heterocycles. The Morgan fingerprint density at radius 2 is 1.91 bits per heavy atom. The van der Waals surface area contributed by atoms with Crippen LogP contribution in [0.5, 0.6) is 0 Å². The van der Waals surface area contributed by atoms with E-state index in [4.69, 9.17) is 0 Å². The molecule has 0 fully saturated rings. The summed E-state index contributed by atoms with van der Waals surface area (Å²) in [6.07, 6.45) is 9.11. The van der Waals surface area contributed by atoms with Crippen LogP contribution in [0.25, 0.3) is 33.8 Å². The first-order chi connectivity index (χ1) is 16.0. The van der Waals surface area contributed by atoms with Gasteiger partial charge in [0.05, 0.1) is 5.69 Å². The zero-order valence-corrected chi connectivity index (χ0v) is 19.5. The van der Waals surface area contributed by atoms with Gasteiger partial charge < -0.3 is 4.90 Å². The fourth-order valence-electron chi connectivity index (χ4n) is 5.29. The highest BCUT2D eigenvalue weighted by atomic mass is 19.1. The molecule has 0 bridgehead atoms. The molecule has 0 N–H and O–H groups in total. The first kappa shape index (κ1) is 21.8. The van der Waals surface area contributed by atoms with Gasteiger partial charge in [-0.25, -0.2) is 13.8 Å². The van der Waals surface area contributed by atoms with Crippen LogP contribution in [0.4, 0.5) is 8.78 Å². The largest absolute Gasteiger partial charge is 0.378 e. The predicted molar refractivity (Wildman–Crippen MR) is 132 cm³/mol. The molecule has 2 atom stereocenters. The molecule has 3 aromatic rings. The molecule has 0 amide bonds. The van der Waals surface area contributed by atoms with E-state index in [1.807, 2.05) is 24.3 Å². The standard InChI is InChI=1S/C29H30F2N2/c1-4-19-12-18(3)13-24-15-23(17-25(30)28(19)24)27-7-6-21-14-22(16-26(31)29(21)32-27)20-8-10-33(5-2)11-9-20/h6-8,10,13-18,20H,4-5,9,11-12H2,1-3H3. The van der Waals surface area contributed by atoms with E-state index in [0.29, 0.717) is 22.7 Å². The summed E-state index contributed by atoms with van der Waals surface area (Å²) < 4.78 is 30.3. The lowest BCUT2D eigenvalue weighted by molar-refractivity contribution is 0.360. The van der Waals surface area contributed by atoms with E-state index < -0.39 is 0 Å². The Hall–Kier alpha value is -3.01. The topological polar surface area (TPSA) is 16.1 Å². The van der Waals surface area contributed by atoms with Gasteiger partial charge in [0.15, 0.2) is 0 Å². The third kappa shape index (κ3) is 4.07. The average Bonchev–Trinajstić information content (AvgIpc) is 2.83. The molecule has 1 aliphatic carbocycles. The number of benzene rings is 2. The average molecular weight is 445 g/mol. The predicted octanol–water partition coefficient (Wildman–Crippen LogP) is 5.88. The Morgan fingerprint density at radius 3 is 2.64 bits per heavy atom. The van der Waals surface area contributed by atoms with Crippen molar-refractivity contribution in [2.75, 3.05) is 13.1 Å². The van der Waals surface area contributed by atoms with Crippen LogP contribution in [-0.2, 0) is 0 Å². The van der Waals surface area contributed by atoms with E-state index in [1.165, 1.54) is 0 Å². The number of aromatic nitrogens is 1. The molecule has 33 heavy (non-hydrogen) atoms. The molecule has 0 saturated carbocycles. The van der Waals surface area contributed by atoms with E-state index >= 15 is 8.78 Å². The third-order valence-electron chi connectivity index (χ3n) is 7.09. The van der Waals surface area contributed by atoms with Crippen molar-refractivity contribution in [3.05, 3.63) is 76.3 Å². The number of hydrogen-bond donors (Lipinski definition) is 0. The van der Waals surface area contributed by atoms with Crippen molar-refractivity contribution in [3.8, 4) is 11.3 Å². The fourth-order valence-corrected chi connectivity index (χ4v) is 5.29. The van der Waals surface area contributed by atoms with Gasteiger partial charge in [-0.1, -0.05) is 37.6 Å². The summed E-state index contributed by atoms with van der Waals surface area (Å²) in [4.78, 5) is 6.88. The van der Waals surface area contributed by atoms with Gasteiger partial charge in [-0.05, 0) is 79.4 Å². The van der Waals surface area contributed by atoms with E-state index in [0.717, 1.165) is 59.3 Å². The van der Waals surface area contributed by atoms with Gasteiger partial charge in [-0.3, -0.25) is 0 Å². The zero-order valence-electron chi connectivity index (χ0n) is 19.5. The van der Waals surface area contributed by atoms with Crippen LogP contribution in [0.2, 0.25) is 0 Å². The maximum absolute atomic E-state index is 15.2. The van der Waals surface area contributed by atoms with Crippen LogP contribution in [0.15, 0.2) is 48.7 Å². The molecule has 0 spiro atoms. The highest BCUT2D eigenvalue weighted by Crippen LogP contribution is 2.30. The van der Waals surface area contributed by atoms with Crippen LogP contribution in [-0.4, -0.2) is 23.0 Å². The van der Waals surface area contributed by atoms with Crippen LogP contribution >= 0.6 is 0 Å². The minimum atomic E-state index is -0.323. The van der Waals surface area contributed by atoms with Crippen LogP contribution in [0, 0.1) is 17.6 Å². The summed E-state index contributed by atoms with van der Waals surface area (Å²) in [7, 11) is 0. The van der Waals surface area contributed by atoms with Crippen LogP contribution < -0.4 is 10.4 Å². The number of rotatable bonds is 4. The first-order valence-corrected chi connectivity index (χ1v) is 12.0. The zero-order chi connectivity index (χ0) is 23.1. The molecule has 2 aromatic carbocycles. The number of allylic oxidation sites excluding steroid dienone is 1. The molecule has 2 unspecified atom stereocenters. The Bertz CT molecular complexity index is 1370. The molecule has 2 heterocycles. The summed E-state index contributed by atoms with van der Waals surface area (Å²) in [6.45, 7) is 8.34. The summed E-state index contributed by atoms with van der Waals surface area (Å²) in [6, 6.07) is 11.0. The Morgan fingerprint density at radius 1 is 1.06 bits per heavy atom. The maximum atomic E-state index is 15.2. The lowest BCUT2D eigenvalue weighted by Crippen LogP contribution is -2.34. The van der Waals surface area contributed by atoms with E-state index in [2.05, 4.69) is 49.0 Å². The molecule has 5 rings (SSSR count). The Balaban J connectivity index is 1.56. The van der Waals surface area contributed by atoms with Crippen molar-refractivity contribution < 1.29 is 8.78 Å². The number of hydrogen-bond acceptors (Lipinski definition) is 2. The summed E-state index contributed by atoms with van der Waals surface area (Å²) in [5.41, 5.74) is 3.76. The second-order valence-electron chi connectivity index (χ2n) is 9.36. The van der Waals surface area contributed by atoms with Gasteiger partial charge in [0.1, 0.15) is 17.2 Å². The van der Waals surface area contributed by atoms with Crippen LogP contribution in [0.3, 0.4) is 0 Å².